The van der Waals surface area contributed by atoms with Gasteiger partial charge >= 0.3 is 34.1 Å². The smallest absolute Gasteiger partial charge is 0.299 e. The molecule has 0 heterocycles. The van der Waals surface area contributed by atoms with Gasteiger partial charge in [-0.05, 0) is 133 Å². The van der Waals surface area contributed by atoms with E-state index in [1.807, 2.05) is 110 Å². The van der Waals surface area contributed by atoms with Crippen LogP contribution in [-0.4, -0.2) is 5.78 Å². The van der Waals surface area contributed by atoms with Crippen LogP contribution >= 0.6 is 0 Å². The molecule has 0 aliphatic heterocycles. The zero-order valence-electron chi connectivity index (χ0n) is 19.4. The van der Waals surface area contributed by atoms with Crippen molar-refractivity contribution in [3.63, 3.8) is 0 Å². The molecule has 156 valence electrons. The second-order valence-corrected chi connectivity index (χ2v) is 6.26. The molecule has 4 fully saturated rings. The summed E-state index contributed by atoms with van der Waals surface area (Å²) in [7, 11) is 0. The minimum atomic E-state index is -1.56. The Hall–Kier alpha value is 0.709. The van der Waals surface area contributed by atoms with Crippen LogP contribution in [0.15, 0.2) is 0 Å². The van der Waals surface area contributed by atoms with Gasteiger partial charge in [0.05, 0.1) is 0 Å². The van der Waals surface area contributed by atoms with Crippen LogP contribution in [0.1, 0.15) is 29.4 Å². The van der Waals surface area contributed by atoms with Gasteiger partial charge in [0.2, 0.25) is 0 Å². The Morgan fingerprint density at radius 1 is 0.667 bits per heavy atom. The molecule has 0 N–H and O–H groups in total. The number of carbonyl (C=O) groups is 1. The molecule has 0 spiro atoms. The Morgan fingerprint density at radius 2 is 1.00 bits per heavy atom. The SMILES string of the molecule is [2H]C(CC)([C]1[CH][CH][CH][CH]1)C([2H])([C]1[CH][CH][CH][CH]1)C(=O)CC.[CH]1[CH][CH][CH][CH]1.[CH]1[CH][CH][CH][CH]1.[Fe+2].[Fe+2]. The summed E-state index contributed by atoms with van der Waals surface area (Å²) in [6, 6.07) is 0. The van der Waals surface area contributed by atoms with Crippen LogP contribution in [0.2, 0.25) is 0 Å². The molecule has 20 radical (unpaired) electrons. The van der Waals surface area contributed by atoms with Crippen molar-refractivity contribution in [2.24, 2.45) is 11.8 Å². The van der Waals surface area contributed by atoms with Gasteiger partial charge in [0.25, 0.3) is 0 Å². The normalized spacial score (nSPS) is 26.3. The molecule has 0 amide bonds. The predicted molar refractivity (Wildman–Crippen MR) is 116 cm³/mol. The molecule has 30 heavy (non-hydrogen) atoms. The molecule has 4 aliphatic carbocycles. The summed E-state index contributed by atoms with van der Waals surface area (Å²) in [4.78, 5) is 12.5. The Labute approximate surface area is 212 Å². The molecule has 3 heteroatoms. The van der Waals surface area contributed by atoms with Crippen LogP contribution in [0, 0.1) is 139 Å². The van der Waals surface area contributed by atoms with Gasteiger partial charge in [0.1, 0.15) is 5.78 Å². The molecule has 0 saturated heterocycles. The predicted octanol–water partition coefficient (Wildman–Crippen LogP) is 5.46. The average molecular weight is 484 g/mol. The molecule has 2 atom stereocenters. The maximum atomic E-state index is 12.5. The van der Waals surface area contributed by atoms with E-state index in [1.165, 1.54) is 0 Å². The monoisotopic (exact) mass is 484 g/mol. The average Bonchev–Trinajstić information content (AvgIpc) is 3.59. The van der Waals surface area contributed by atoms with E-state index in [-0.39, 0.29) is 46.3 Å². The fourth-order valence-electron chi connectivity index (χ4n) is 2.96. The number of hydrogen-bond donors (Lipinski definition) is 0. The van der Waals surface area contributed by atoms with Crippen LogP contribution < -0.4 is 0 Å². The maximum Gasteiger partial charge on any atom is 2.00 e. The molecular formula is C27H30Fe2O+4. The first-order valence-corrected chi connectivity index (χ1v) is 9.81. The zero-order valence-corrected chi connectivity index (χ0v) is 19.6. The first kappa shape index (κ1) is 27.0. The van der Waals surface area contributed by atoms with Crippen LogP contribution in [0.5, 0.6) is 0 Å². The third-order valence-corrected chi connectivity index (χ3v) is 4.33. The Balaban J connectivity index is 0.000000657. The summed E-state index contributed by atoms with van der Waals surface area (Å²) in [5.41, 5.74) is 0. The molecule has 4 saturated carbocycles. The second kappa shape index (κ2) is 19.2. The van der Waals surface area contributed by atoms with Crippen LogP contribution in [0.3, 0.4) is 0 Å². The van der Waals surface area contributed by atoms with Crippen molar-refractivity contribution in [3.05, 3.63) is 127 Å². The van der Waals surface area contributed by atoms with E-state index in [4.69, 9.17) is 2.74 Å². The molecule has 1 nitrogen and oxygen atoms in total. The summed E-state index contributed by atoms with van der Waals surface area (Å²) >= 11 is 0. The standard InChI is InChI=1S/C17H20O.2C5H5.2Fe/c1-3-15(13-9-5-6-10-13)17(16(18)4-2)14-11-7-8-12-14;2*1-2-4-5-3-1;;/h5-12,15,17H,3-4H2,1-2H3;2*1-5H;;/q;;;2*+2/i15D,17D;;;;. The first-order chi connectivity index (χ1) is 14.5. The fraction of sp³-hybridized carbons (Fsp3) is 0.222. The van der Waals surface area contributed by atoms with Gasteiger partial charge in [-0.3, -0.25) is 4.79 Å². The van der Waals surface area contributed by atoms with Crippen molar-refractivity contribution >= 4 is 5.78 Å². The fourth-order valence-corrected chi connectivity index (χ4v) is 2.96. The summed E-state index contributed by atoms with van der Waals surface area (Å²) in [5, 5.41) is 0. The number of hydrogen-bond acceptors (Lipinski definition) is 1. The van der Waals surface area contributed by atoms with Gasteiger partial charge in [0.15, 0.2) is 0 Å². The molecule has 4 aliphatic rings. The van der Waals surface area contributed by atoms with Crippen molar-refractivity contribution in [2.45, 2.75) is 26.7 Å². The third-order valence-electron chi connectivity index (χ3n) is 4.33. The van der Waals surface area contributed by atoms with Gasteiger partial charge < -0.3 is 0 Å². The Kier molecular flexibility index (Phi) is 17.3. The molecule has 0 bridgehead atoms. The van der Waals surface area contributed by atoms with E-state index in [9.17, 15) is 4.79 Å². The molecular weight excluding hydrogens is 452 g/mol. The van der Waals surface area contributed by atoms with E-state index in [2.05, 4.69) is 0 Å². The Bertz CT molecular complexity index is 459. The topological polar surface area (TPSA) is 17.1 Å². The largest absolute Gasteiger partial charge is 2.00 e. The first-order valence-electron chi connectivity index (χ1n) is 10.8. The minimum Gasteiger partial charge on any atom is -0.299 e. The number of ketones is 1. The zero-order chi connectivity index (χ0) is 21.9. The second-order valence-electron chi connectivity index (χ2n) is 6.26. The van der Waals surface area contributed by atoms with Crippen LogP contribution in [-0.2, 0) is 38.9 Å². The summed E-state index contributed by atoms with van der Waals surface area (Å²) < 4.78 is 17.8. The van der Waals surface area contributed by atoms with E-state index in [1.54, 1.807) is 19.8 Å². The van der Waals surface area contributed by atoms with Crippen molar-refractivity contribution in [3.8, 4) is 0 Å². The molecule has 2 unspecified atom stereocenters. The van der Waals surface area contributed by atoms with E-state index in [0.29, 0.717) is 12.3 Å². The quantitative estimate of drug-likeness (QED) is 0.458. The van der Waals surface area contributed by atoms with Gasteiger partial charge in [-0.25, -0.2) is 0 Å². The Morgan fingerprint density at radius 3 is 1.30 bits per heavy atom. The molecule has 0 aromatic carbocycles. The van der Waals surface area contributed by atoms with Crippen LogP contribution in [0.25, 0.3) is 0 Å². The minimum absolute atomic E-state index is 0. The molecule has 0 aromatic rings. The van der Waals surface area contributed by atoms with Gasteiger partial charge in [0, 0.05) is 15.1 Å². The molecule has 4 rings (SSSR count). The van der Waals surface area contributed by atoms with Gasteiger partial charge in [-0.15, -0.1) is 0 Å². The van der Waals surface area contributed by atoms with Gasteiger partial charge in [-0.1, -0.05) is 20.3 Å². The number of Topliss-reactive ketones (excluding diaryl/α,β-unsaturated/α-hetero) is 1. The van der Waals surface area contributed by atoms with Crippen molar-refractivity contribution in [2.75, 3.05) is 0 Å². The van der Waals surface area contributed by atoms with E-state index >= 15 is 0 Å². The summed E-state index contributed by atoms with van der Waals surface area (Å²) in [6.45, 7) is 3.63. The maximum absolute atomic E-state index is 12.5. The number of rotatable bonds is 6. The van der Waals surface area contributed by atoms with Crippen LogP contribution in [0.4, 0.5) is 0 Å². The van der Waals surface area contributed by atoms with Gasteiger partial charge in [-0.2, -0.15) is 0 Å². The van der Waals surface area contributed by atoms with Crippen molar-refractivity contribution in [1.82, 2.24) is 0 Å². The van der Waals surface area contributed by atoms with E-state index < -0.39 is 11.8 Å². The van der Waals surface area contributed by atoms with E-state index in [0.717, 1.165) is 5.92 Å². The molecule has 0 aromatic heterocycles. The summed E-state index contributed by atoms with van der Waals surface area (Å²) in [5.74, 6) is -1.69. The van der Waals surface area contributed by atoms with Crippen molar-refractivity contribution in [1.29, 1.82) is 0 Å². The number of carbonyl (C=O) groups excluding carboxylic acids is 1. The third kappa shape index (κ3) is 11.0. The summed E-state index contributed by atoms with van der Waals surface area (Å²) in [6.07, 6.45) is 35.3. The van der Waals surface area contributed by atoms with Crippen molar-refractivity contribution < 1.29 is 41.7 Å².